The summed E-state index contributed by atoms with van der Waals surface area (Å²) in [5.74, 6) is -0.351. The van der Waals surface area contributed by atoms with E-state index in [0.29, 0.717) is 11.3 Å². The second kappa shape index (κ2) is 7.49. The first-order valence-electron chi connectivity index (χ1n) is 9.62. The highest BCUT2D eigenvalue weighted by Gasteiger charge is 2.50. The number of esters is 1. The van der Waals surface area contributed by atoms with Gasteiger partial charge in [-0.25, -0.2) is 4.79 Å². The normalized spacial score (nSPS) is 25.7. The number of carbonyl (C=O) groups excluding carboxylic acids is 2. The van der Waals surface area contributed by atoms with Gasteiger partial charge in [0.1, 0.15) is 0 Å². The molecule has 1 saturated heterocycles. The SMILES string of the molecule is COc1cc(/C=C/C(=O)OCC(=O)N2C[C@@]3(C)C[C@@H]2CC(C)(C)C3)ccc1O. The van der Waals surface area contributed by atoms with Crippen LogP contribution in [0, 0.1) is 10.8 Å². The number of aromatic hydroxyl groups is 1. The Hall–Kier alpha value is -2.50. The maximum atomic E-state index is 12.6. The molecule has 2 atom stereocenters. The van der Waals surface area contributed by atoms with Gasteiger partial charge in [0.05, 0.1) is 7.11 Å². The number of hydrogen-bond acceptors (Lipinski definition) is 5. The van der Waals surface area contributed by atoms with Gasteiger partial charge >= 0.3 is 5.97 Å². The molecular formula is C22H29NO5. The van der Waals surface area contributed by atoms with Gasteiger partial charge in [-0.1, -0.05) is 26.8 Å². The topological polar surface area (TPSA) is 76.1 Å². The third-order valence-electron chi connectivity index (χ3n) is 5.69. The molecule has 1 amide bonds. The number of likely N-dealkylation sites (tertiary alicyclic amines) is 1. The lowest BCUT2D eigenvalue weighted by molar-refractivity contribution is -0.148. The summed E-state index contributed by atoms with van der Waals surface area (Å²) in [7, 11) is 1.46. The molecule has 2 aliphatic rings. The lowest BCUT2D eigenvalue weighted by atomic mass is 9.65. The minimum atomic E-state index is -0.575. The molecule has 1 heterocycles. The van der Waals surface area contributed by atoms with Crippen molar-refractivity contribution in [2.45, 2.75) is 46.1 Å². The number of phenolic OH excluding ortho intramolecular Hbond substituents is 1. The Bertz CT molecular complexity index is 800. The molecule has 2 bridgehead atoms. The zero-order valence-corrected chi connectivity index (χ0v) is 17.0. The van der Waals surface area contributed by atoms with Crippen molar-refractivity contribution < 1.29 is 24.2 Å². The van der Waals surface area contributed by atoms with Gasteiger partial charge in [0.25, 0.3) is 5.91 Å². The highest BCUT2D eigenvalue weighted by atomic mass is 16.5. The quantitative estimate of drug-likeness (QED) is 0.619. The van der Waals surface area contributed by atoms with E-state index in [0.717, 1.165) is 25.8 Å². The smallest absolute Gasteiger partial charge is 0.331 e. The van der Waals surface area contributed by atoms with Crippen LogP contribution >= 0.6 is 0 Å². The van der Waals surface area contributed by atoms with Crippen molar-refractivity contribution in [1.82, 2.24) is 4.90 Å². The van der Waals surface area contributed by atoms with Crippen molar-refractivity contribution in [3.05, 3.63) is 29.8 Å². The Morgan fingerprint density at radius 3 is 2.75 bits per heavy atom. The molecule has 1 aliphatic carbocycles. The van der Waals surface area contributed by atoms with Crippen molar-refractivity contribution in [3.63, 3.8) is 0 Å². The van der Waals surface area contributed by atoms with Gasteiger partial charge in [0.15, 0.2) is 18.1 Å². The molecule has 1 aliphatic heterocycles. The van der Waals surface area contributed by atoms with Crippen molar-refractivity contribution in [2.24, 2.45) is 10.8 Å². The molecule has 152 valence electrons. The van der Waals surface area contributed by atoms with Crippen molar-refractivity contribution >= 4 is 18.0 Å². The molecule has 2 fully saturated rings. The maximum Gasteiger partial charge on any atom is 0.331 e. The van der Waals surface area contributed by atoms with E-state index in [1.807, 2.05) is 4.90 Å². The number of carbonyl (C=O) groups is 2. The number of hydrogen-bond donors (Lipinski definition) is 1. The first-order chi connectivity index (χ1) is 13.1. The number of benzene rings is 1. The van der Waals surface area contributed by atoms with Crippen molar-refractivity contribution in [1.29, 1.82) is 0 Å². The zero-order valence-electron chi connectivity index (χ0n) is 17.0. The largest absolute Gasteiger partial charge is 0.504 e. The average molecular weight is 387 g/mol. The van der Waals surface area contributed by atoms with Crippen molar-refractivity contribution in [2.75, 3.05) is 20.3 Å². The fourth-order valence-corrected chi connectivity index (χ4v) is 4.98. The Morgan fingerprint density at radius 1 is 1.29 bits per heavy atom. The van der Waals surface area contributed by atoms with Crippen LogP contribution in [0.2, 0.25) is 0 Å². The standard InChI is InChI=1S/C22H29NO5/c1-21(2)10-16-11-22(3,13-21)14-23(16)19(25)12-28-20(26)8-6-15-5-7-17(24)18(9-15)27-4/h5-9,16,24H,10-14H2,1-4H3/b8-6+/t16-,22-/m0/s1. The molecule has 28 heavy (non-hydrogen) atoms. The molecule has 6 nitrogen and oxygen atoms in total. The Morgan fingerprint density at radius 2 is 2.04 bits per heavy atom. The molecule has 1 N–H and O–H groups in total. The molecule has 1 aromatic rings. The molecule has 1 aromatic carbocycles. The number of nitrogens with zero attached hydrogens (tertiary/aromatic N) is 1. The summed E-state index contributed by atoms with van der Waals surface area (Å²) in [6, 6.07) is 4.98. The van der Waals surface area contributed by atoms with E-state index in [9.17, 15) is 14.7 Å². The Kier molecular flexibility index (Phi) is 5.41. The lowest BCUT2D eigenvalue weighted by Crippen LogP contribution is -2.39. The molecule has 0 aromatic heterocycles. The average Bonchev–Trinajstić information content (AvgIpc) is 2.87. The predicted molar refractivity (Wildman–Crippen MR) is 106 cm³/mol. The minimum Gasteiger partial charge on any atom is -0.504 e. The van der Waals surface area contributed by atoms with Gasteiger partial charge in [-0.3, -0.25) is 4.79 Å². The summed E-state index contributed by atoms with van der Waals surface area (Å²) in [5, 5.41) is 9.59. The molecule has 0 spiro atoms. The summed E-state index contributed by atoms with van der Waals surface area (Å²) < 4.78 is 10.2. The summed E-state index contributed by atoms with van der Waals surface area (Å²) in [4.78, 5) is 26.5. The van der Waals surface area contributed by atoms with Crippen LogP contribution in [-0.2, 0) is 14.3 Å². The molecule has 0 radical (unpaired) electrons. The first kappa shape index (κ1) is 20.2. The van der Waals surface area contributed by atoms with Crippen LogP contribution < -0.4 is 4.74 Å². The van der Waals surface area contributed by atoms with E-state index in [-0.39, 0.29) is 35.1 Å². The molecule has 0 unspecified atom stereocenters. The highest BCUT2D eigenvalue weighted by molar-refractivity contribution is 5.89. The van der Waals surface area contributed by atoms with Crippen molar-refractivity contribution in [3.8, 4) is 11.5 Å². The maximum absolute atomic E-state index is 12.6. The van der Waals surface area contributed by atoms with E-state index in [1.165, 1.54) is 19.3 Å². The van der Waals surface area contributed by atoms with E-state index >= 15 is 0 Å². The predicted octanol–water partition coefficient (Wildman–Crippen LogP) is 3.38. The summed E-state index contributed by atoms with van der Waals surface area (Å²) in [5.41, 5.74) is 1.07. The monoisotopic (exact) mass is 387 g/mol. The van der Waals surface area contributed by atoms with Crippen LogP contribution in [-0.4, -0.2) is 48.2 Å². The molecule has 6 heteroatoms. The third-order valence-corrected chi connectivity index (χ3v) is 5.69. The second-order valence-electron chi connectivity index (χ2n) is 9.11. The number of phenols is 1. The van der Waals surface area contributed by atoms with Crippen LogP contribution in [0.4, 0.5) is 0 Å². The van der Waals surface area contributed by atoms with E-state index in [4.69, 9.17) is 9.47 Å². The first-order valence-corrected chi connectivity index (χ1v) is 9.62. The van der Waals surface area contributed by atoms with Crippen LogP contribution in [0.5, 0.6) is 11.5 Å². The summed E-state index contributed by atoms with van der Waals surface area (Å²) in [6.07, 6.45) is 5.95. The number of fused-ring (bicyclic) bond motifs is 2. The summed E-state index contributed by atoms with van der Waals surface area (Å²) >= 11 is 0. The third kappa shape index (κ3) is 4.49. The van der Waals surface area contributed by atoms with E-state index in [2.05, 4.69) is 20.8 Å². The van der Waals surface area contributed by atoms with Gasteiger partial charge in [0.2, 0.25) is 0 Å². The van der Waals surface area contributed by atoms with Gasteiger partial charge in [-0.05, 0) is 53.9 Å². The Balaban J connectivity index is 1.54. The zero-order chi connectivity index (χ0) is 20.5. The number of ether oxygens (including phenoxy) is 2. The van der Waals surface area contributed by atoms with Gasteiger partial charge in [-0.2, -0.15) is 0 Å². The van der Waals surface area contributed by atoms with E-state index < -0.39 is 5.97 Å². The van der Waals surface area contributed by atoms with Gasteiger partial charge in [-0.15, -0.1) is 0 Å². The second-order valence-corrected chi connectivity index (χ2v) is 9.11. The number of rotatable bonds is 5. The molecule has 1 saturated carbocycles. The Labute approximate surface area is 166 Å². The number of amides is 1. The highest BCUT2D eigenvalue weighted by Crippen LogP contribution is 2.52. The lowest BCUT2D eigenvalue weighted by Gasteiger charge is -2.39. The molecule has 3 rings (SSSR count). The van der Waals surface area contributed by atoms with Crippen LogP contribution in [0.3, 0.4) is 0 Å². The molecular weight excluding hydrogens is 358 g/mol. The van der Waals surface area contributed by atoms with Gasteiger partial charge in [0, 0.05) is 18.7 Å². The van der Waals surface area contributed by atoms with Crippen LogP contribution in [0.1, 0.15) is 45.6 Å². The fraction of sp³-hybridized carbons (Fsp3) is 0.545. The number of methoxy groups -OCH3 is 1. The van der Waals surface area contributed by atoms with Gasteiger partial charge < -0.3 is 19.5 Å². The van der Waals surface area contributed by atoms with Crippen LogP contribution in [0.25, 0.3) is 6.08 Å². The minimum absolute atomic E-state index is 0.0283. The van der Waals surface area contributed by atoms with E-state index in [1.54, 1.807) is 18.2 Å². The fourth-order valence-electron chi connectivity index (χ4n) is 4.98. The summed E-state index contributed by atoms with van der Waals surface area (Å²) in [6.45, 7) is 7.26. The van der Waals surface area contributed by atoms with Crippen LogP contribution in [0.15, 0.2) is 24.3 Å².